The first-order valence-corrected chi connectivity index (χ1v) is 11.2. The van der Waals surface area contributed by atoms with Gasteiger partial charge in [-0.05, 0) is 37.0 Å². The second-order valence-electron chi connectivity index (χ2n) is 7.12. The molecule has 0 fully saturated rings. The van der Waals surface area contributed by atoms with E-state index in [0.29, 0.717) is 5.75 Å². The number of nitrogens with one attached hydrogen (secondary N) is 1. The van der Waals surface area contributed by atoms with Gasteiger partial charge in [-0.2, -0.15) is 5.10 Å². The van der Waals surface area contributed by atoms with E-state index in [1.54, 1.807) is 18.0 Å². The zero-order chi connectivity index (χ0) is 20.3. The van der Waals surface area contributed by atoms with E-state index >= 15 is 0 Å². The molecule has 0 bridgehead atoms. The van der Waals surface area contributed by atoms with Crippen molar-refractivity contribution in [2.24, 2.45) is 0 Å². The summed E-state index contributed by atoms with van der Waals surface area (Å²) in [6.07, 6.45) is 7.81. The normalized spacial score (nSPS) is 10.8. The molecular weight excluding hydrogens is 380 g/mol. The number of nitrogens with zero attached hydrogens (tertiary/aromatic N) is 3. The Hall–Kier alpha value is -2.60. The number of rotatable bonds is 11. The number of thioether (sulfide) groups is 1. The van der Waals surface area contributed by atoms with Crippen molar-refractivity contribution >= 4 is 17.7 Å². The van der Waals surface area contributed by atoms with Crippen LogP contribution in [0.3, 0.4) is 0 Å². The first-order valence-electron chi connectivity index (χ1n) is 10.0. The Morgan fingerprint density at radius 1 is 1.10 bits per heavy atom. The smallest absolute Gasteiger partial charge is 0.232 e. The van der Waals surface area contributed by atoms with Gasteiger partial charge in [0.05, 0.1) is 11.4 Å². The minimum atomic E-state index is 0.194. The quantitative estimate of drug-likeness (QED) is 0.472. The summed E-state index contributed by atoms with van der Waals surface area (Å²) in [6, 6.07) is 16.3. The molecule has 0 aliphatic rings. The fraction of sp³-hybridized carbons (Fsp3) is 0.348. The van der Waals surface area contributed by atoms with Crippen molar-refractivity contribution in [2.45, 2.75) is 31.4 Å². The van der Waals surface area contributed by atoms with Crippen LogP contribution in [0.15, 0.2) is 60.9 Å². The van der Waals surface area contributed by atoms with E-state index in [2.05, 4.69) is 33.4 Å². The maximum absolute atomic E-state index is 12.2. The topological polar surface area (TPSA) is 61.9 Å². The first kappa shape index (κ1) is 21.1. The monoisotopic (exact) mass is 408 g/mol. The third-order valence-electron chi connectivity index (χ3n) is 4.78. The first-order chi connectivity index (χ1) is 14.2. The van der Waals surface area contributed by atoms with Gasteiger partial charge in [-0.25, -0.2) is 0 Å². The van der Waals surface area contributed by atoms with Gasteiger partial charge in [0.15, 0.2) is 0 Å². The molecule has 0 saturated carbocycles. The zero-order valence-electron chi connectivity index (χ0n) is 16.9. The molecule has 2 heterocycles. The third kappa shape index (κ3) is 7.06. The minimum absolute atomic E-state index is 0.194. The van der Waals surface area contributed by atoms with Crippen LogP contribution in [0.2, 0.25) is 0 Å². The summed E-state index contributed by atoms with van der Waals surface area (Å²) in [5.74, 6) is 1.53. The van der Waals surface area contributed by atoms with Gasteiger partial charge in [0.2, 0.25) is 5.91 Å². The number of hydrogen-bond donors (Lipinski definition) is 1. The number of aryl methyl sites for hydroxylation is 1. The predicted molar refractivity (Wildman–Crippen MR) is 120 cm³/mol. The fourth-order valence-electron chi connectivity index (χ4n) is 3.06. The molecule has 29 heavy (non-hydrogen) atoms. The van der Waals surface area contributed by atoms with Crippen LogP contribution in [0.4, 0.5) is 0 Å². The molecular formula is C23H28N4OS. The van der Waals surface area contributed by atoms with Gasteiger partial charge in [-0.3, -0.25) is 14.9 Å². The van der Waals surface area contributed by atoms with E-state index in [1.165, 1.54) is 5.69 Å². The number of aromatic amines is 1. The van der Waals surface area contributed by atoms with Crippen LogP contribution in [-0.4, -0.2) is 45.3 Å². The Balaban J connectivity index is 1.28. The highest BCUT2D eigenvalue weighted by atomic mass is 32.2. The highest BCUT2D eigenvalue weighted by Gasteiger charge is 2.09. The summed E-state index contributed by atoms with van der Waals surface area (Å²) >= 11 is 1.64. The van der Waals surface area contributed by atoms with Crippen LogP contribution >= 0.6 is 11.8 Å². The largest absolute Gasteiger partial charge is 0.345 e. The van der Waals surface area contributed by atoms with Crippen molar-refractivity contribution in [3.63, 3.8) is 0 Å². The number of carbonyl (C=O) groups is 1. The van der Waals surface area contributed by atoms with Crippen molar-refractivity contribution in [3.8, 4) is 11.3 Å². The average Bonchev–Trinajstić information content (AvgIpc) is 3.23. The summed E-state index contributed by atoms with van der Waals surface area (Å²) < 4.78 is 0. The predicted octanol–water partition coefficient (Wildman–Crippen LogP) is 4.58. The second-order valence-corrected chi connectivity index (χ2v) is 8.11. The van der Waals surface area contributed by atoms with Gasteiger partial charge in [0.1, 0.15) is 0 Å². The third-order valence-corrected chi connectivity index (χ3v) is 5.77. The molecule has 152 valence electrons. The van der Waals surface area contributed by atoms with Crippen molar-refractivity contribution < 1.29 is 4.79 Å². The lowest BCUT2D eigenvalue weighted by Crippen LogP contribution is -2.29. The molecule has 3 rings (SSSR count). The Morgan fingerprint density at radius 2 is 1.97 bits per heavy atom. The molecule has 0 atom stereocenters. The summed E-state index contributed by atoms with van der Waals surface area (Å²) in [6.45, 7) is 0.810. The molecule has 2 aromatic heterocycles. The van der Waals surface area contributed by atoms with Gasteiger partial charge in [-0.15, -0.1) is 11.8 Å². The van der Waals surface area contributed by atoms with E-state index in [-0.39, 0.29) is 5.91 Å². The molecule has 0 aliphatic heterocycles. The average molecular weight is 409 g/mol. The molecule has 0 unspecified atom stereocenters. The van der Waals surface area contributed by atoms with Gasteiger partial charge >= 0.3 is 0 Å². The highest BCUT2D eigenvalue weighted by molar-refractivity contribution is 7.99. The molecule has 0 radical (unpaired) electrons. The zero-order valence-corrected chi connectivity index (χ0v) is 17.7. The van der Waals surface area contributed by atoms with Crippen LogP contribution in [0.1, 0.15) is 30.5 Å². The summed E-state index contributed by atoms with van der Waals surface area (Å²) in [5, 5.41) is 7.54. The molecule has 1 amide bonds. The minimum Gasteiger partial charge on any atom is -0.345 e. The number of carbonyl (C=O) groups excluding carboxylic acids is 1. The summed E-state index contributed by atoms with van der Waals surface area (Å²) in [4.78, 5) is 18.2. The Bertz CT molecular complexity index is 867. The standard InChI is InChI=1S/C23H28N4OS/c1-27(23(28)18-29-17-19-9-8-13-24-16-19)14-7-3-6-12-21-15-22(26-25-21)20-10-4-2-5-11-20/h2,4-5,8-11,13,15-16H,3,6-7,12,14,17-18H2,1H3,(H,25,26). The molecule has 5 nitrogen and oxygen atoms in total. The maximum Gasteiger partial charge on any atom is 0.232 e. The van der Waals surface area contributed by atoms with Gasteiger partial charge < -0.3 is 4.90 Å². The van der Waals surface area contributed by atoms with Crippen LogP contribution < -0.4 is 0 Å². The molecule has 6 heteroatoms. The van der Waals surface area contributed by atoms with Crippen molar-refractivity contribution in [1.29, 1.82) is 0 Å². The molecule has 0 saturated heterocycles. The SMILES string of the molecule is CN(CCCCCc1cc(-c2ccccc2)n[nH]1)C(=O)CSCc1cccnc1. The molecule has 3 aromatic rings. The van der Waals surface area contributed by atoms with Gasteiger partial charge in [0, 0.05) is 43.0 Å². The molecule has 1 aromatic carbocycles. The number of H-pyrrole nitrogens is 1. The van der Waals surface area contributed by atoms with E-state index < -0.39 is 0 Å². The summed E-state index contributed by atoms with van der Waals surface area (Å²) in [5.41, 5.74) is 4.45. The lowest BCUT2D eigenvalue weighted by molar-refractivity contribution is -0.127. The van der Waals surface area contributed by atoms with Crippen LogP contribution in [0.5, 0.6) is 0 Å². The van der Waals surface area contributed by atoms with Crippen LogP contribution in [0.25, 0.3) is 11.3 Å². The number of pyridine rings is 1. The number of aromatic nitrogens is 3. The summed E-state index contributed by atoms with van der Waals surface area (Å²) in [7, 11) is 1.90. The maximum atomic E-state index is 12.2. The number of benzene rings is 1. The Labute approximate surface area is 176 Å². The van der Waals surface area contributed by atoms with E-state index in [0.717, 1.165) is 54.8 Å². The van der Waals surface area contributed by atoms with Crippen molar-refractivity contribution in [2.75, 3.05) is 19.3 Å². The van der Waals surface area contributed by atoms with E-state index in [1.807, 2.05) is 48.5 Å². The number of unbranched alkanes of at least 4 members (excludes halogenated alkanes) is 2. The van der Waals surface area contributed by atoms with Crippen LogP contribution in [0, 0.1) is 0 Å². The van der Waals surface area contributed by atoms with E-state index in [4.69, 9.17) is 0 Å². The van der Waals surface area contributed by atoms with Gasteiger partial charge in [-0.1, -0.05) is 42.8 Å². The molecule has 0 spiro atoms. The molecule has 0 aliphatic carbocycles. The lowest BCUT2D eigenvalue weighted by atomic mass is 10.1. The second kappa shape index (κ2) is 11.4. The van der Waals surface area contributed by atoms with Gasteiger partial charge in [0.25, 0.3) is 0 Å². The molecule has 1 N–H and O–H groups in total. The van der Waals surface area contributed by atoms with Crippen molar-refractivity contribution in [3.05, 3.63) is 72.2 Å². The number of hydrogen-bond acceptors (Lipinski definition) is 4. The lowest BCUT2D eigenvalue weighted by Gasteiger charge is -2.16. The number of amides is 1. The van der Waals surface area contributed by atoms with E-state index in [9.17, 15) is 4.79 Å². The Morgan fingerprint density at radius 3 is 2.76 bits per heavy atom. The highest BCUT2D eigenvalue weighted by Crippen LogP contribution is 2.18. The van der Waals surface area contributed by atoms with Crippen LogP contribution in [-0.2, 0) is 17.0 Å². The van der Waals surface area contributed by atoms with Crippen molar-refractivity contribution in [1.82, 2.24) is 20.1 Å². The Kier molecular flexibility index (Phi) is 8.31. The fourth-order valence-corrected chi connectivity index (χ4v) is 3.97.